The summed E-state index contributed by atoms with van der Waals surface area (Å²) >= 11 is 0. The number of hydrogen-bond acceptors (Lipinski definition) is 3. The molecule has 1 aromatic carbocycles. The summed E-state index contributed by atoms with van der Waals surface area (Å²) in [5.74, 6) is -1.43. The SMILES string of the molecule is CC[C@@H](C)NC(=O)C(=O)N/N=C\c1ccccc1. The van der Waals surface area contributed by atoms with Crippen LogP contribution in [0.15, 0.2) is 35.4 Å². The van der Waals surface area contributed by atoms with Crippen LogP contribution in [0.4, 0.5) is 0 Å². The van der Waals surface area contributed by atoms with Crippen molar-refractivity contribution in [2.75, 3.05) is 0 Å². The summed E-state index contributed by atoms with van der Waals surface area (Å²) < 4.78 is 0. The molecule has 0 unspecified atom stereocenters. The molecular weight excluding hydrogens is 230 g/mol. The molecule has 0 fully saturated rings. The Hall–Kier alpha value is -2.17. The molecular formula is C13H17N3O2. The molecule has 0 heterocycles. The number of rotatable bonds is 4. The van der Waals surface area contributed by atoms with Gasteiger partial charge in [-0.2, -0.15) is 5.10 Å². The van der Waals surface area contributed by atoms with E-state index >= 15 is 0 Å². The molecule has 0 spiro atoms. The van der Waals surface area contributed by atoms with Gasteiger partial charge in [0.2, 0.25) is 0 Å². The van der Waals surface area contributed by atoms with Crippen LogP contribution < -0.4 is 10.7 Å². The molecule has 0 aliphatic rings. The van der Waals surface area contributed by atoms with E-state index in [-0.39, 0.29) is 6.04 Å². The smallest absolute Gasteiger partial charge is 0.329 e. The standard InChI is InChI=1S/C13H17N3O2/c1-3-10(2)15-12(17)13(18)16-14-9-11-7-5-4-6-8-11/h4-10H,3H2,1-2H3,(H,15,17)(H,16,18)/b14-9-/t10-/m1/s1. The molecule has 18 heavy (non-hydrogen) atoms. The Bertz CT molecular complexity index is 429. The third kappa shape index (κ3) is 4.78. The Labute approximate surface area is 106 Å². The van der Waals surface area contributed by atoms with E-state index in [1.807, 2.05) is 44.2 Å². The van der Waals surface area contributed by atoms with Crippen LogP contribution in [-0.2, 0) is 9.59 Å². The van der Waals surface area contributed by atoms with Gasteiger partial charge in [0.1, 0.15) is 0 Å². The zero-order chi connectivity index (χ0) is 13.4. The Balaban J connectivity index is 2.41. The summed E-state index contributed by atoms with van der Waals surface area (Å²) in [5.41, 5.74) is 3.03. The first kappa shape index (κ1) is 13.9. The second-order valence-corrected chi connectivity index (χ2v) is 3.89. The minimum atomic E-state index is -0.762. The van der Waals surface area contributed by atoms with Gasteiger partial charge >= 0.3 is 11.8 Å². The summed E-state index contributed by atoms with van der Waals surface area (Å²) in [5, 5.41) is 6.26. The average molecular weight is 247 g/mol. The lowest BCUT2D eigenvalue weighted by atomic mass is 10.2. The molecule has 0 saturated carbocycles. The molecule has 0 aromatic heterocycles. The average Bonchev–Trinajstić information content (AvgIpc) is 2.39. The van der Waals surface area contributed by atoms with Crippen molar-refractivity contribution >= 4 is 18.0 Å². The summed E-state index contributed by atoms with van der Waals surface area (Å²) in [6, 6.07) is 9.26. The van der Waals surface area contributed by atoms with Crippen LogP contribution in [0.5, 0.6) is 0 Å². The van der Waals surface area contributed by atoms with E-state index < -0.39 is 11.8 Å². The minimum absolute atomic E-state index is 0.0265. The van der Waals surface area contributed by atoms with Crippen molar-refractivity contribution in [1.29, 1.82) is 0 Å². The van der Waals surface area contributed by atoms with Crippen molar-refractivity contribution in [3.63, 3.8) is 0 Å². The predicted molar refractivity (Wildman–Crippen MR) is 70.1 cm³/mol. The van der Waals surface area contributed by atoms with E-state index in [1.54, 1.807) is 0 Å². The van der Waals surface area contributed by atoms with Gasteiger partial charge in [0.05, 0.1) is 6.21 Å². The maximum Gasteiger partial charge on any atom is 0.329 e. The number of benzene rings is 1. The van der Waals surface area contributed by atoms with E-state index in [9.17, 15) is 9.59 Å². The first-order valence-corrected chi connectivity index (χ1v) is 5.82. The fraction of sp³-hybridized carbons (Fsp3) is 0.308. The van der Waals surface area contributed by atoms with E-state index in [4.69, 9.17) is 0 Å². The van der Waals surface area contributed by atoms with Gasteiger partial charge in [0, 0.05) is 6.04 Å². The molecule has 0 aliphatic carbocycles. The highest BCUT2D eigenvalue weighted by Gasteiger charge is 2.13. The zero-order valence-electron chi connectivity index (χ0n) is 10.5. The third-order valence-electron chi connectivity index (χ3n) is 2.38. The lowest BCUT2D eigenvalue weighted by Gasteiger charge is -2.09. The first-order valence-electron chi connectivity index (χ1n) is 5.82. The maximum atomic E-state index is 11.4. The van der Waals surface area contributed by atoms with Crippen molar-refractivity contribution < 1.29 is 9.59 Å². The van der Waals surface area contributed by atoms with Crippen LogP contribution in [0.1, 0.15) is 25.8 Å². The minimum Gasteiger partial charge on any atom is -0.345 e. The summed E-state index contributed by atoms with van der Waals surface area (Å²) in [4.78, 5) is 22.7. The number of carbonyl (C=O) groups excluding carboxylic acids is 2. The van der Waals surface area contributed by atoms with Gasteiger partial charge in [-0.3, -0.25) is 9.59 Å². The van der Waals surface area contributed by atoms with Gasteiger partial charge < -0.3 is 5.32 Å². The van der Waals surface area contributed by atoms with Gasteiger partial charge in [0.25, 0.3) is 0 Å². The number of hydrogen-bond donors (Lipinski definition) is 2. The van der Waals surface area contributed by atoms with Crippen LogP contribution in [-0.4, -0.2) is 24.1 Å². The molecule has 0 aliphatic heterocycles. The number of nitrogens with zero attached hydrogens (tertiary/aromatic N) is 1. The molecule has 2 amide bonds. The molecule has 0 radical (unpaired) electrons. The predicted octanol–water partition coefficient (Wildman–Crippen LogP) is 1.05. The normalized spacial score (nSPS) is 12.1. The number of hydrazone groups is 1. The van der Waals surface area contributed by atoms with Crippen LogP contribution in [0, 0.1) is 0 Å². The topological polar surface area (TPSA) is 70.6 Å². The zero-order valence-corrected chi connectivity index (χ0v) is 10.5. The lowest BCUT2D eigenvalue weighted by Crippen LogP contribution is -2.41. The summed E-state index contributed by atoms with van der Waals surface area (Å²) in [6.07, 6.45) is 2.25. The van der Waals surface area contributed by atoms with Gasteiger partial charge in [-0.25, -0.2) is 5.43 Å². The highest BCUT2D eigenvalue weighted by Crippen LogP contribution is 1.93. The van der Waals surface area contributed by atoms with E-state index in [0.717, 1.165) is 12.0 Å². The van der Waals surface area contributed by atoms with Crippen molar-refractivity contribution in [2.45, 2.75) is 26.3 Å². The number of amides is 2. The second kappa shape index (κ2) is 7.21. The third-order valence-corrected chi connectivity index (χ3v) is 2.38. The monoisotopic (exact) mass is 247 g/mol. The van der Waals surface area contributed by atoms with E-state index in [0.29, 0.717) is 0 Å². The molecule has 5 heteroatoms. The van der Waals surface area contributed by atoms with E-state index in [2.05, 4.69) is 15.8 Å². The molecule has 1 aromatic rings. The lowest BCUT2D eigenvalue weighted by molar-refractivity contribution is -0.139. The van der Waals surface area contributed by atoms with Crippen LogP contribution in [0.3, 0.4) is 0 Å². The van der Waals surface area contributed by atoms with Gasteiger partial charge in [-0.15, -0.1) is 0 Å². The maximum absolute atomic E-state index is 11.4. The van der Waals surface area contributed by atoms with Crippen molar-refractivity contribution in [3.8, 4) is 0 Å². The molecule has 5 nitrogen and oxygen atoms in total. The number of nitrogens with one attached hydrogen (secondary N) is 2. The summed E-state index contributed by atoms with van der Waals surface area (Å²) in [7, 11) is 0. The molecule has 0 bridgehead atoms. The Morgan fingerprint density at radius 1 is 1.28 bits per heavy atom. The Morgan fingerprint density at radius 2 is 1.94 bits per heavy atom. The Morgan fingerprint density at radius 3 is 2.56 bits per heavy atom. The number of carbonyl (C=O) groups is 2. The molecule has 1 rings (SSSR count). The fourth-order valence-electron chi connectivity index (χ4n) is 1.15. The fourth-order valence-corrected chi connectivity index (χ4v) is 1.15. The quantitative estimate of drug-likeness (QED) is 0.474. The van der Waals surface area contributed by atoms with Crippen molar-refractivity contribution in [1.82, 2.24) is 10.7 Å². The highest BCUT2D eigenvalue weighted by molar-refractivity contribution is 6.35. The van der Waals surface area contributed by atoms with Crippen LogP contribution >= 0.6 is 0 Å². The molecule has 96 valence electrons. The largest absolute Gasteiger partial charge is 0.345 e. The van der Waals surface area contributed by atoms with Gasteiger partial charge in [-0.05, 0) is 18.9 Å². The molecule has 1 atom stereocenters. The summed E-state index contributed by atoms with van der Waals surface area (Å²) in [6.45, 7) is 3.76. The molecule has 2 N–H and O–H groups in total. The van der Waals surface area contributed by atoms with E-state index in [1.165, 1.54) is 6.21 Å². The Kier molecular flexibility index (Phi) is 5.57. The van der Waals surface area contributed by atoms with Crippen LogP contribution in [0.2, 0.25) is 0 Å². The first-order chi connectivity index (χ1) is 8.63. The van der Waals surface area contributed by atoms with Gasteiger partial charge in [0.15, 0.2) is 0 Å². The highest BCUT2D eigenvalue weighted by atomic mass is 16.2. The van der Waals surface area contributed by atoms with Crippen molar-refractivity contribution in [3.05, 3.63) is 35.9 Å². The second-order valence-electron chi connectivity index (χ2n) is 3.89. The molecule has 0 saturated heterocycles. The van der Waals surface area contributed by atoms with Crippen LogP contribution in [0.25, 0.3) is 0 Å². The van der Waals surface area contributed by atoms with Gasteiger partial charge in [-0.1, -0.05) is 37.3 Å². The van der Waals surface area contributed by atoms with Crippen molar-refractivity contribution in [2.24, 2.45) is 5.10 Å².